The molecule has 4 nitrogen and oxygen atoms in total. The molecule has 0 fully saturated rings. The van der Waals surface area contributed by atoms with Gasteiger partial charge in [0.15, 0.2) is 0 Å². The average Bonchev–Trinajstić information content (AvgIpc) is 2.71. The molecule has 0 saturated heterocycles. The maximum atomic E-state index is 12.5. The molecule has 5 heteroatoms. The second-order valence-corrected chi connectivity index (χ2v) is 7.92. The van der Waals surface area contributed by atoms with Crippen molar-refractivity contribution in [3.63, 3.8) is 0 Å². The lowest BCUT2D eigenvalue weighted by molar-refractivity contribution is 0.255. The molecule has 0 radical (unpaired) electrons. The van der Waals surface area contributed by atoms with E-state index < -0.39 is 11.0 Å². The summed E-state index contributed by atoms with van der Waals surface area (Å²) in [5.74, 6) is 0. The van der Waals surface area contributed by atoms with Crippen LogP contribution in [0, 0.1) is 0 Å². The van der Waals surface area contributed by atoms with Gasteiger partial charge in [0.25, 0.3) is 0 Å². The van der Waals surface area contributed by atoms with Gasteiger partial charge in [0.2, 0.25) is 0 Å². The molecule has 0 saturated carbocycles. The predicted octanol–water partition coefficient (Wildman–Crippen LogP) is 1.38. The summed E-state index contributed by atoms with van der Waals surface area (Å²) in [6.07, 6.45) is 3.07. The van der Waals surface area contributed by atoms with Gasteiger partial charge >= 0.3 is 0 Å². The van der Waals surface area contributed by atoms with E-state index in [1.807, 2.05) is 31.2 Å². The van der Waals surface area contributed by atoms with Gasteiger partial charge in [-0.05, 0) is 44.8 Å². The molecule has 1 unspecified atom stereocenters. The summed E-state index contributed by atoms with van der Waals surface area (Å²) in [6, 6.07) is -0.0656. The largest absolute Gasteiger partial charge is 0.396 e. The zero-order chi connectivity index (χ0) is 14.6. The Morgan fingerprint density at radius 1 is 1.47 bits per heavy atom. The lowest BCUT2D eigenvalue weighted by Gasteiger charge is -2.31. The van der Waals surface area contributed by atoms with Gasteiger partial charge in [-0.3, -0.25) is 0 Å². The second kappa shape index (κ2) is 6.79. The van der Waals surface area contributed by atoms with E-state index >= 15 is 0 Å². The highest BCUT2D eigenvalue weighted by atomic mass is 32.2. The van der Waals surface area contributed by atoms with Gasteiger partial charge < -0.3 is 10.2 Å². The monoisotopic (exact) mass is 287 g/mol. The third kappa shape index (κ3) is 3.99. The molecule has 19 heavy (non-hydrogen) atoms. The topological polar surface area (TPSA) is 60.8 Å². The van der Waals surface area contributed by atoms with Gasteiger partial charge in [-0.15, -0.1) is 0 Å². The minimum atomic E-state index is -1.12. The summed E-state index contributed by atoms with van der Waals surface area (Å²) < 4.78 is 14.1. The molecule has 1 aliphatic heterocycles. The van der Waals surface area contributed by atoms with Crippen LogP contribution in [0.4, 0.5) is 0 Å². The standard InChI is InChI=1S/C14H25NO3S/c1-11(6-9-16)12-5-8-15(13(12)7-10-17)19(18)14(2,3)4/h5,13,16-17H,1,6-10H2,2-4H3/t13-,19?/m0/s1. The summed E-state index contributed by atoms with van der Waals surface area (Å²) in [4.78, 5) is 0. The Balaban J connectivity index is 2.89. The van der Waals surface area contributed by atoms with Gasteiger partial charge in [0.05, 0.1) is 4.75 Å². The fourth-order valence-corrected chi connectivity index (χ4v) is 3.59. The zero-order valence-electron chi connectivity index (χ0n) is 12.1. The Labute approximate surface area is 118 Å². The maximum Gasteiger partial charge on any atom is 0.101 e. The first kappa shape index (κ1) is 16.6. The molecule has 2 N–H and O–H groups in total. The highest BCUT2D eigenvalue weighted by molar-refractivity contribution is 7.84. The van der Waals surface area contributed by atoms with Crippen LogP contribution >= 0.6 is 0 Å². The van der Waals surface area contributed by atoms with Crippen LogP contribution in [-0.2, 0) is 11.0 Å². The fraction of sp³-hybridized carbons (Fsp3) is 0.714. The molecular weight excluding hydrogens is 262 g/mol. The number of nitrogens with zero attached hydrogens (tertiary/aromatic N) is 1. The van der Waals surface area contributed by atoms with E-state index in [9.17, 15) is 9.32 Å². The van der Waals surface area contributed by atoms with Crippen molar-refractivity contribution in [1.82, 2.24) is 4.31 Å². The number of hydrogen-bond acceptors (Lipinski definition) is 3. The molecular formula is C14H25NO3S. The first-order valence-corrected chi connectivity index (χ1v) is 7.72. The Morgan fingerprint density at radius 2 is 2.11 bits per heavy atom. The summed E-state index contributed by atoms with van der Waals surface area (Å²) >= 11 is 0. The van der Waals surface area contributed by atoms with Crippen molar-refractivity contribution in [3.05, 3.63) is 23.8 Å². The number of aliphatic hydroxyl groups is 2. The van der Waals surface area contributed by atoms with Crippen molar-refractivity contribution < 1.29 is 14.4 Å². The highest BCUT2D eigenvalue weighted by Gasteiger charge is 2.36. The molecule has 0 bridgehead atoms. The average molecular weight is 287 g/mol. The molecule has 1 heterocycles. The molecule has 0 aromatic heterocycles. The lowest BCUT2D eigenvalue weighted by Crippen LogP contribution is -2.42. The highest BCUT2D eigenvalue weighted by Crippen LogP contribution is 2.31. The van der Waals surface area contributed by atoms with Gasteiger partial charge in [0, 0.05) is 25.8 Å². The van der Waals surface area contributed by atoms with Crippen molar-refractivity contribution in [1.29, 1.82) is 0 Å². The molecule has 2 atom stereocenters. The summed E-state index contributed by atoms with van der Waals surface area (Å²) in [5.41, 5.74) is 1.88. The van der Waals surface area contributed by atoms with E-state index in [2.05, 4.69) is 6.58 Å². The van der Waals surface area contributed by atoms with E-state index in [1.54, 1.807) is 0 Å². The van der Waals surface area contributed by atoms with E-state index in [1.165, 1.54) is 0 Å². The summed E-state index contributed by atoms with van der Waals surface area (Å²) in [7, 11) is -1.12. The Morgan fingerprint density at radius 3 is 2.58 bits per heavy atom. The summed E-state index contributed by atoms with van der Waals surface area (Å²) in [5, 5.41) is 18.2. The molecule has 0 spiro atoms. The Hall–Kier alpha value is -0.490. The van der Waals surface area contributed by atoms with Gasteiger partial charge in [0.1, 0.15) is 11.0 Å². The van der Waals surface area contributed by atoms with Crippen LogP contribution in [0.2, 0.25) is 0 Å². The Kier molecular flexibility index (Phi) is 5.92. The molecule has 0 aromatic rings. The third-order valence-electron chi connectivity index (χ3n) is 3.16. The molecule has 0 amide bonds. The van der Waals surface area contributed by atoms with Crippen LogP contribution in [0.1, 0.15) is 33.6 Å². The van der Waals surface area contributed by atoms with Crippen LogP contribution in [0.5, 0.6) is 0 Å². The van der Waals surface area contributed by atoms with Crippen LogP contribution in [0.25, 0.3) is 0 Å². The van der Waals surface area contributed by atoms with Crippen molar-refractivity contribution in [2.24, 2.45) is 0 Å². The molecule has 0 aromatic carbocycles. The van der Waals surface area contributed by atoms with Crippen LogP contribution < -0.4 is 0 Å². The number of rotatable bonds is 6. The quantitative estimate of drug-likeness (QED) is 0.776. The van der Waals surface area contributed by atoms with Gasteiger partial charge in [-0.2, -0.15) is 0 Å². The normalized spacial score (nSPS) is 22.4. The molecule has 1 aliphatic rings. The first-order valence-electron chi connectivity index (χ1n) is 6.61. The van der Waals surface area contributed by atoms with Crippen LogP contribution in [-0.4, -0.2) is 49.3 Å². The third-order valence-corrected chi connectivity index (χ3v) is 5.04. The van der Waals surface area contributed by atoms with E-state index in [-0.39, 0.29) is 24.0 Å². The maximum absolute atomic E-state index is 12.5. The number of aliphatic hydroxyl groups excluding tert-OH is 2. The minimum absolute atomic E-state index is 0.0479. The smallest absolute Gasteiger partial charge is 0.101 e. The predicted molar refractivity (Wildman–Crippen MR) is 79.0 cm³/mol. The second-order valence-electron chi connectivity index (χ2n) is 5.73. The SMILES string of the molecule is C=C(CCO)C1=CCN(S(=O)C(C)(C)C)[C@H]1CCO. The fourth-order valence-electron chi connectivity index (χ4n) is 2.22. The molecule has 0 aliphatic carbocycles. The molecule has 110 valence electrons. The van der Waals surface area contributed by atoms with Crippen molar-refractivity contribution >= 4 is 11.0 Å². The van der Waals surface area contributed by atoms with Gasteiger partial charge in [-0.25, -0.2) is 8.51 Å². The van der Waals surface area contributed by atoms with E-state index in [0.29, 0.717) is 19.4 Å². The van der Waals surface area contributed by atoms with Crippen molar-refractivity contribution in [2.45, 2.75) is 44.4 Å². The van der Waals surface area contributed by atoms with Crippen molar-refractivity contribution in [3.8, 4) is 0 Å². The van der Waals surface area contributed by atoms with Crippen molar-refractivity contribution in [2.75, 3.05) is 19.8 Å². The lowest BCUT2D eigenvalue weighted by atomic mass is 9.97. The van der Waals surface area contributed by atoms with E-state index in [0.717, 1.165) is 11.1 Å². The zero-order valence-corrected chi connectivity index (χ0v) is 12.9. The van der Waals surface area contributed by atoms with Crippen LogP contribution in [0.15, 0.2) is 23.8 Å². The van der Waals surface area contributed by atoms with Crippen LogP contribution in [0.3, 0.4) is 0 Å². The minimum Gasteiger partial charge on any atom is -0.396 e. The Bertz CT molecular complexity index is 385. The van der Waals surface area contributed by atoms with E-state index in [4.69, 9.17) is 5.11 Å². The van der Waals surface area contributed by atoms with Gasteiger partial charge in [-0.1, -0.05) is 12.7 Å². The first-order chi connectivity index (χ1) is 8.82. The number of hydrogen-bond donors (Lipinski definition) is 2. The molecule has 1 rings (SSSR count). The summed E-state index contributed by atoms with van der Waals surface area (Å²) in [6.45, 7) is 10.5.